The molecular formula is C23H31F3N2O5. The van der Waals surface area contributed by atoms with E-state index in [0.29, 0.717) is 19.7 Å². The second kappa shape index (κ2) is 11.2. The van der Waals surface area contributed by atoms with Crippen LogP contribution >= 0.6 is 0 Å². The molecule has 4 rings (SSSR count). The fraction of sp³-hybridized carbons (Fsp3) is 0.652. The number of aliphatic carboxylic acids is 1. The minimum Gasteiger partial charge on any atom is -0.497 e. The van der Waals surface area contributed by atoms with E-state index in [0.717, 1.165) is 36.7 Å². The lowest BCUT2D eigenvalue weighted by Gasteiger charge is -2.40. The quantitative estimate of drug-likeness (QED) is 0.709. The highest BCUT2D eigenvalue weighted by Gasteiger charge is 2.40. The molecule has 3 aliphatic rings. The van der Waals surface area contributed by atoms with Crippen LogP contribution in [-0.4, -0.2) is 79.0 Å². The van der Waals surface area contributed by atoms with Crippen LogP contribution in [0.1, 0.15) is 31.2 Å². The number of nitrogens with zero attached hydrogens (tertiary/aromatic N) is 2. The number of amides is 1. The van der Waals surface area contributed by atoms with E-state index in [1.54, 1.807) is 7.11 Å². The van der Waals surface area contributed by atoms with Crippen molar-refractivity contribution in [3.8, 4) is 5.75 Å². The standard InChI is InChI=1S/C21H30N2O3.C2HF3O2/c1-25-18-7-5-17(6-8-18)14-23-11-12-26-20-15-22(13-16-3-2-4-16)10-9-19(20)21(23)24;3-2(4,5)1(6)7/h5-8,16,19-20H,2-4,9-15H2,1H3;(H,6,7)/t19-,20+;/m1./s1. The van der Waals surface area contributed by atoms with Gasteiger partial charge in [0.2, 0.25) is 5.91 Å². The Kier molecular flexibility index (Phi) is 8.58. The third-order valence-electron chi connectivity index (χ3n) is 6.48. The first-order chi connectivity index (χ1) is 15.7. The van der Waals surface area contributed by atoms with Crippen molar-refractivity contribution in [3.63, 3.8) is 0 Å². The molecule has 0 aromatic heterocycles. The van der Waals surface area contributed by atoms with Crippen LogP contribution in [0.3, 0.4) is 0 Å². The van der Waals surface area contributed by atoms with Gasteiger partial charge in [-0.05, 0) is 49.4 Å². The molecule has 0 unspecified atom stereocenters. The molecule has 0 bridgehead atoms. The van der Waals surface area contributed by atoms with Crippen molar-refractivity contribution in [3.05, 3.63) is 29.8 Å². The molecule has 0 radical (unpaired) electrons. The van der Waals surface area contributed by atoms with Crippen molar-refractivity contribution in [2.45, 2.75) is 44.5 Å². The van der Waals surface area contributed by atoms with Crippen LogP contribution in [0, 0.1) is 11.8 Å². The van der Waals surface area contributed by atoms with Crippen LogP contribution in [0.4, 0.5) is 13.2 Å². The summed E-state index contributed by atoms with van der Waals surface area (Å²) in [6.07, 6.45) is 0.0482. The maximum atomic E-state index is 13.1. The molecule has 2 heterocycles. The summed E-state index contributed by atoms with van der Waals surface area (Å²) in [5.41, 5.74) is 1.14. The second-order valence-corrected chi connectivity index (χ2v) is 8.77. The molecule has 2 atom stereocenters. The highest BCUT2D eigenvalue weighted by atomic mass is 19.4. The summed E-state index contributed by atoms with van der Waals surface area (Å²) in [5, 5.41) is 7.12. The SMILES string of the molecule is COc1ccc(CN2CCO[C@H]3CN(CC4CCC4)CC[C@H]3C2=O)cc1.O=C(O)C(F)(F)F. The number of likely N-dealkylation sites (tertiary alicyclic amines) is 1. The molecule has 2 saturated heterocycles. The van der Waals surface area contributed by atoms with E-state index in [4.69, 9.17) is 19.4 Å². The first-order valence-corrected chi connectivity index (χ1v) is 11.2. The Morgan fingerprint density at radius 3 is 2.39 bits per heavy atom. The highest BCUT2D eigenvalue weighted by molar-refractivity contribution is 5.80. The second-order valence-electron chi connectivity index (χ2n) is 8.77. The van der Waals surface area contributed by atoms with Crippen LogP contribution in [0.5, 0.6) is 5.75 Å². The number of alkyl halides is 3. The van der Waals surface area contributed by atoms with Crippen molar-refractivity contribution in [1.82, 2.24) is 9.80 Å². The van der Waals surface area contributed by atoms with Gasteiger partial charge in [0.05, 0.1) is 25.7 Å². The number of hydrogen-bond donors (Lipinski definition) is 1. The first-order valence-electron chi connectivity index (χ1n) is 11.2. The van der Waals surface area contributed by atoms with Gasteiger partial charge in [-0.3, -0.25) is 4.79 Å². The van der Waals surface area contributed by atoms with Gasteiger partial charge in [0.25, 0.3) is 0 Å². The number of carbonyl (C=O) groups excluding carboxylic acids is 1. The number of rotatable bonds is 5. The zero-order chi connectivity index (χ0) is 24.0. The van der Waals surface area contributed by atoms with Crippen molar-refractivity contribution < 1.29 is 37.3 Å². The van der Waals surface area contributed by atoms with Crippen molar-refractivity contribution in [2.24, 2.45) is 11.8 Å². The topological polar surface area (TPSA) is 79.3 Å². The Bertz CT molecular complexity index is 798. The Labute approximate surface area is 191 Å². The molecule has 10 heteroatoms. The number of methoxy groups -OCH3 is 1. The lowest BCUT2D eigenvalue weighted by molar-refractivity contribution is -0.192. The van der Waals surface area contributed by atoms with Crippen LogP contribution in [-0.2, 0) is 20.9 Å². The summed E-state index contributed by atoms with van der Waals surface area (Å²) < 4.78 is 43.1. The summed E-state index contributed by atoms with van der Waals surface area (Å²) >= 11 is 0. The lowest BCUT2D eigenvalue weighted by atomic mass is 9.84. The van der Waals surface area contributed by atoms with E-state index >= 15 is 0 Å². The van der Waals surface area contributed by atoms with E-state index in [9.17, 15) is 18.0 Å². The number of halogens is 3. The van der Waals surface area contributed by atoms with Crippen LogP contribution in [0.25, 0.3) is 0 Å². The predicted octanol–water partition coefficient (Wildman–Crippen LogP) is 3.18. The number of hydrogen-bond acceptors (Lipinski definition) is 5. The largest absolute Gasteiger partial charge is 0.497 e. The normalized spacial score (nSPS) is 24.1. The third kappa shape index (κ3) is 7.07. The van der Waals surface area contributed by atoms with Gasteiger partial charge in [-0.1, -0.05) is 18.6 Å². The van der Waals surface area contributed by atoms with Crippen molar-refractivity contribution in [1.29, 1.82) is 0 Å². The Morgan fingerprint density at radius 2 is 1.85 bits per heavy atom. The lowest BCUT2D eigenvalue weighted by Crippen LogP contribution is -2.50. The van der Waals surface area contributed by atoms with Crippen LogP contribution in [0.15, 0.2) is 24.3 Å². The molecular weight excluding hydrogens is 441 g/mol. The zero-order valence-electron chi connectivity index (χ0n) is 18.7. The number of carboxylic acid groups (broad SMARTS) is 1. The molecule has 1 N–H and O–H groups in total. The molecule has 0 spiro atoms. The molecule has 1 aromatic rings. The number of carboxylic acids is 1. The summed E-state index contributed by atoms with van der Waals surface area (Å²) in [6, 6.07) is 7.99. The molecule has 1 amide bonds. The number of ether oxygens (including phenoxy) is 2. The molecule has 2 aliphatic heterocycles. The molecule has 33 heavy (non-hydrogen) atoms. The van der Waals surface area contributed by atoms with Gasteiger partial charge in [0.1, 0.15) is 5.75 Å². The molecule has 184 valence electrons. The third-order valence-corrected chi connectivity index (χ3v) is 6.48. The molecule has 1 saturated carbocycles. The minimum atomic E-state index is -5.08. The average molecular weight is 473 g/mol. The van der Waals surface area contributed by atoms with Gasteiger partial charge in [0.15, 0.2) is 0 Å². The molecule has 1 aromatic carbocycles. The monoisotopic (exact) mass is 472 g/mol. The van der Waals surface area contributed by atoms with Gasteiger partial charge < -0.3 is 24.4 Å². The highest BCUT2D eigenvalue weighted by Crippen LogP contribution is 2.31. The Morgan fingerprint density at radius 1 is 1.18 bits per heavy atom. The van der Waals surface area contributed by atoms with Crippen molar-refractivity contribution >= 4 is 11.9 Å². The van der Waals surface area contributed by atoms with Gasteiger partial charge in [-0.15, -0.1) is 0 Å². The number of benzene rings is 1. The van der Waals surface area contributed by atoms with Gasteiger partial charge in [0, 0.05) is 26.2 Å². The van der Waals surface area contributed by atoms with E-state index in [2.05, 4.69) is 4.90 Å². The summed E-state index contributed by atoms with van der Waals surface area (Å²) in [6.45, 7) is 5.12. The number of fused-ring (bicyclic) bond motifs is 1. The van der Waals surface area contributed by atoms with Crippen LogP contribution < -0.4 is 4.74 Å². The smallest absolute Gasteiger partial charge is 0.490 e. The summed E-state index contributed by atoms with van der Waals surface area (Å²) in [7, 11) is 1.67. The first kappa shape index (κ1) is 25.3. The van der Waals surface area contributed by atoms with Gasteiger partial charge in [-0.25, -0.2) is 4.79 Å². The molecule has 3 fully saturated rings. The molecule has 7 nitrogen and oxygen atoms in total. The number of carbonyl (C=O) groups is 2. The Hall–Kier alpha value is -2.33. The minimum absolute atomic E-state index is 0.0217. The van der Waals surface area contributed by atoms with E-state index in [-0.39, 0.29) is 17.9 Å². The van der Waals surface area contributed by atoms with Gasteiger partial charge >= 0.3 is 12.1 Å². The van der Waals surface area contributed by atoms with E-state index in [1.807, 2.05) is 29.2 Å². The summed E-state index contributed by atoms with van der Waals surface area (Å²) in [5.74, 6) is -0.745. The fourth-order valence-corrected chi connectivity index (χ4v) is 4.41. The maximum Gasteiger partial charge on any atom is 0.490 e. The van der Waals surface area contributed by atoms with Crippen molar-refractivity contribution in [2.75, 3.05) is 39.9 Å². The average Bonchev–Trinajstić information content (AvgIpc) is 2.90. The number of piperidine rings is 1. The van der Waals surface area contributed by atoms with Crippen LogP contribution in [0.2, 0.25) is 0 Å². The maximum absolute atomic E-state index is 13.1. The van der Waals surface area contributed by atoms with Gasteiger partial charge in [-0.2, -0.15) is 13.2 Å². The molecule has 1 aliphatic carbocycles. The van der Waals surface area contributed by atoms with E-state index in [1.165, 1.54) is 25.8 Å². The fourth-order valence-electron chi connectivity index (χ4n) is 4.41. The Balaban J connectivity index is 0.000000383. The zero-order valence-corrected chi connectivity index (χ0v) is 18.7. The van der Waals surface area contributed by atoms with E-state index < -0.39 is 12.1 Å². The predicted molar refractivity (Wildman–Crippen MR) is 114 cm³/mol. The summed E-state index contributed by atoms with van der Waals surface area (Å²) in [4.78, 5) is 26.5.